The van der Waals surface area contributed by atoms with E-state index in [1.165, 1.54) is 24.4 Å². The van der Waals surface area contributed by atoms with Crippen molar-refractivity contribution in [2.75, 3.05) is 4.72 Å². The Bertz CT molecular complexity index is 806. The number of benzene rings is 1. The predicted molar refractivity (Wildman–Crippen MR) is 80.9 cm³/mol. The maximum absolute atomic E-state index is 12.3. The van der Waals surface area contributed by atoms with Crippen LogP contribution in [-0.4, -0.2) is 24.5 Å². The van der Waals surface area contributed by atoms with Gasteiger partial charge in [-0.2, -0.15) is 0 Å². The first-order valence-electron chi connectivity index (χ1n) is 5.78. The first-order chi connectivity index (χ1) is 9.79. The number of aromatic nitrogens is 1. The summed E-state index contributed by atoms with van der Waals surface area (Å²) in [7, 11) is -3.86. The molecule has 0 radical (unpaired) electrons. The van der Waals surface area contributed by atoms with E-state index in [4.69, 9.17) is 5.11 Å². The number of sulfonamides is 1. The zero-order valence-electron chi connectivity index (χ0n) is 10.9. The molecule has 1 aromatic heterocycles. The third kappa shape index (κ3) is 3.59. The van der Waals surface area contributed by atoms with Gasteiger partial charge in [0.05, 0.1) is 5.56 Å². The molecule has 0 saturated heterocycles. The van der Waals surface area contributed by atoms with Crippen LogP contribution in [0.2, 0.25) is 0 Å². The molecule has 0 saturated carbocycles. The van der Waals surface area contributed by atoms with E-state index in [2.05, 4.69) is 25.6 Å². The Morgan fingerprint density at radius 3 is 2.57 bits per heavy atom. The third-order valence-electron chi connectivity index (χ3n) is 2.62. The van der Waals surface area contributed by atoms with Crippen molar-refractivity contribution in [1.29, 1.82) is 0 Å². The van der Waals surface area contributed by atoms with Gasteiger partial charge in [0.25, 0.3) is 10.0 Å². The fourth-order valence-electron chi connectivity index (χ4n) is 1.64. The summed E-state index contributed by atoms with van der Waals surface area (Å²) in [6, 6.07) is 7.03. The van der Waals surface area contributed by atoms with Crippen LogP contribution < -0.4 is 4.72 Å². The molecule has 2 aromatic rings. The Hall–Kier alpha value is -1.93. The second kappa shape index (κ2) is 5.82. The lowest BCUT2D eigenvalue weighted by Crippen LogP contribution is -2.15. The molecule has 110 valence electrons. The lowest BCUT2D eigenvalue weighted by molar-refractivity contribution is 0.0696. The molecule has 21 heavy (non-hydrogen) atoms. The molecular weight excluding hydrogens is 360 g/mol. The van der Waals surface area contributed by atoms with Gasteiger partial charge in [-0.25, -0.2) is 18.2 Å². The second-order valence-corrected chi connectivity index (χ2v) is 6.78. The molecule has 1 aromatic carbocycles. The van der Waals surface area contributed by atoms with Gasteiger partial charge in [0.2, 0.25) is 0 Å². The molecule has 2 N–H and O–H groups in total. The number of carbonyl (C=O) groups is 1. The van der Waals surface area contributed by atoms with E-state index in [0.29, 0.717) is 0 Å². The van der Waals surface area contributed by atoms with Crippen molar-refractivity contribution in [3.8, 4) is 0 Å². The normalized spacial score (nSPS) is 11.1. The molecule has 2 rings (SSSR count). The van der Waals surface area contributed by atoms with Crippen LogP contribution in [0.25, 0.3) is 0 Å². The minimum atomic E-state index is -3.86. The van der Waals surface area contributed by atoms with E-state index in [1.54, 1.807) is 12.1 Å². The van der Waals surface area contributed by atoms with Crippen LogP contribution in [0.4, 0.5) is 5.82 Å². The van der Waals surface area contributed by atoms with Crippen LogP contribution in [-0.2, 0) is 10.0 Å². The van der Waals surface area contributed by atoms with Crippen molar-refractivity contribution in [2.24, 2.45) is 0 Å². The highest BCUT2D eigenvalue weighted by atomic mass is 79.9. The van der Waals surface area contributed by atoms with Crippen LogP contribution in [0.1, 0.15) is 15.9 Å². The molecule has 6 nitrogen and oxygen atoms in total. The van der Waals surface area contributed by atoms with Crippen molar-refractivity contribution in [3.05, 3.63) is 52.1 Å². The van der Waals surface area contributed by atoms with Crippen LogP contribution in [0.5, 0.6) is 0 Å². The molecule has 0 unspecified atom stereocenters. The Morgan fingerprint density at radius 1 is 1.29 bits per heavy atom. The fraction of sp³-hybridized carbons (Fsp3) is 0.0769. The van der Waals surface area contributed by atoms with Gasteiger partial charge < -0.3 is 5.11 Å². The van der Waals surface area contributed by atoms with Crippen molar-refractivity contribution in [2.45, 2.75) is 11.8 Å². The Balaban J connectivity index is 2.38. The first kappa shape index (κ1) is 15.5. The summed E-state index contributed by atoms with van der Waals surface area (Å²) in [5.74, 6) is -0.933. The van der Waals surface area contributed by atoms with E-state index >= 15 is 0 Å². The number of carboxylic acids is 1. The predicted octanol–water partition coefficient (Wildman–Crippen LogP) is 2.65. The van der Waals surface area contributed by atoms with Crippen molar-refractivity contribution in [1.82, 2.24) is 4.98 Å². The molecule has 0 aliphatic carbocycles. The number of carboxylic acid groups (broad SMARTS) is 1. The smallest absolute Gasteiger partial charge is 0.335 e. The Morgan fingerprint density at radius 2 is 2.00 bits per heavy atom. The molecule has 8 heteroatoms. The fourth-order valence-corrected chi connectivity index (χ4v) is 3.71. The molecular formula is C13H11BrN2O4S. The van der Waals surface area contributed by atoms with Gasteiger partial charge in [-0.05, 0) is 58.7 Å². The van der Waals surface area contributed by atoms with Gasteiger partial charge >= 0.3 is 5.97 Å². The van der Waals surface area contributed by atoms with Gasteiger partial charge in [0, 0.05) is 10.7 Å². The van der Waals surface area contributed by atoms with Crippen LogP contribution in [0.3, 0.4) is 0 Å². The average Bonchev–Trinajstić information content (AvgIpc) is 2.37. The van der Waals surface area contributed by atoms with Crippen LogP contribution in [0.15, 0.2) is 45.9 Å². The number of nitrogens with zero attached hydrogens (tertiary/aromatic N) is 1. The second-order valence-electron chi connectivity index (χ2n) is 4.27. The number of pyridine rings is 1. The lowest BCUT2D eigenvalue weighted by atomic mass is 10.2. The van der Waals surface area contributed by atoms with Gasteiger partial charge in [-0.3, -0.25) is 4.72 Å². The quantitative estimate of drug-likeness (QED) is 0.862. The summed E-state index contributed by atoms with van der Waals surface area (Å²) in [4.78, 5) is 14.7. The zero-order valence-corrected chi connectivity index (χ0v) is 13.3. The lowest BCUT2D eigenvalue weighted by Gasteiger charge is -2.09. The van der Waals surface area contributed by atoms with E-state index in [1.807, 2.05) is 6.92 Å². The summed E-state index contributed by atoms with van der Waals surface area (Å²) in [6.45, 7) is 1.82. The largest absolute Gasteiger partial charge is 0.478 e. The number of aryl methyl sites for hydroxylation is 1. The van der Waals surface area contributed by atoms with Gasteiger partial charge in [-0.15, -0.1) is 0 Å². The number of hydrogen-bond acceptors (Lipinski definition) is 4. The highest BCUT2D eigenvalue weighted by Crippen LogP contribution is 2.25. The molecule has 0 aliphatic rings. The molecule has 1 heterocycles. The average molecular weight is 371 g/mol. The maximum atomic E-state index is 12.3. The summed E-state index contributed by atoms with van der Waals surface area (Å²) < 4.78 is 27.1. The number of rotatable bonds is 4. The van der Waals surface area contributed by atoms with Gasteiger partial charge in [0.1, 0.15) is 10.7 Å². The highest BCUT2D eigenvalue weighted by Gasteiger charge is 2.19. The molecule has 0 atom stereocenters. The number of anilines is 1. The molecule has 0 bridgehead atoms. The topological polar surface area (TPSA) is 96.4 Å². The summed E-state index contributed by atoms with van der Waals surface area (Å²) in [6.07, 6.45) is 1.50. The SMILES string of the molecule is Cc1ccnc(NS(=O)(=O)c2ccc(C(=O)O)cc2Br)c1. The van der Waals surface area contributed by atoms with Gasteiger partial charge in [0.15, 0.2) is 0 Å². The minimum absolute atomic E-state index is 0.00509. The van der Waals surface area contributed by atoms with Crippen molar-refractivity contribution < 1.29 is 18.3 Å². The summed E-state index contributed by atoms with van der Waals surface area (Å²) >= 11 is 3.08. The van der Waals surface area contributed by atoms with E-state index in [-0.39, 0.29) is 20.7 Å². The molecule has 0 aliphatic heterocycles. The Labute approximate surface area is 130 Å². The number of halogens is 1. The molecule has 0 amide bonds. The van der Waals surface area contributed by atoms with E-state index in [0.717, 1.165) is 5.56 Å². The number of nitrogens with one attached hydrogen (secondary N) is 1. The standard InChI is InChI=1S/C13H11BrN2O4S/c1-8-4-5-15-12(6-8)16-21(19,20)11-3-2-9(13(17)18)7-10(11)14/h2-7H,1H3,(H,15,16)(H,17,18). The van der Waals surface area contributed by atoms with Crippen LogP contribution in [0, 0.1) is 6.92 Å². The summed E-state index contributed by atoms with van der Waals surface area (Å²) in [5, 5.41) is 8.87. The first-order valence-corrected chi connectivity index (χ1v) is 8.05. The molecule has 0 fully saturated rings. The number of hydrogen-bond donors (Lipinski definition) is 2. The van der Waals surface area contributed by atoms with Gasteiger partial charge in [-0.1, -0.05) is 0 Å². The van der Waals surface area contributed by atoms with Crippen molar-refractivity contribution >= 4 is 37.7 Å². The van der Waals surface area contributed by atoms with E-state index < -0.39 is 16.0 Å². The maximum Gasteiger partial charge on any atom is 0.335 e. The molecule has 0 spiro atoms. The van der Waals surface area contributed by atoms with Crippen LogP contribution >= 0.6 is 15.9 Å². The highest BCUT2D eigenvalue weighted by molar-refractivity contribution is 9.10. The Kier molecular flexibility index (Phi) is 4.29. The zero-order chi connectivity index (χ0) is 15.6. The number of aromatic carboxylic acids is 1. The summed E-state index contributed by atoms with van der Waals surface area (Å²) in [5.41, 5.74) is 0.859. The minimum Gasteiger partial charge on any atom is -0.478 e. The monoisotopic (exact) mass is 370 g/mol. The van der Waals surface area contributed by atoms with E-state index in [9.17, 15) is 13.2 Å². The third-order valence-corrected chi connectivity index (χ3v) is 4.95. The van der Waals surface area contributed by atoms with Crippen molar-refractivity contribution in [3.63, 3.8) is 0 Å².